The summed E-state index contributed by atoms with van der Waals surface area (Å²) < 4.78 is 42.4. The molecule has 0 atom stereocenters. The molecule has 0 saturated heterocycles. The van der Waals surface area contributed by atoms with Gasteiger partial charge in [0.1, 0.15) is 17.5 Å². The number of allylic oxidation sites excluding steroid dienone is 1. The fraction of sp³-hybridized carbons (Fsp3) is 0.0870. The Morgan fingerprint density at radius 1 is 0.938 bits per heavy atom. The monoisotopic (exact) mass is 443 g/mol. The molecule has 1 aromatic heterocycles. The normalized spacial score (nSPS) is 11.4. The first-order chi connectivity index (χ1) is 15.2. The van der Waals surface area contributed by atoms with Crippen molar-refractivity contribution in [2.45, 2.75) is 13.0 Å². The second kappa shape index (κ2) is 9.34. The van der Waals surface area contributed by atoms with E-state index in [1.165, 1.54) is 30.5 Å². The van der Waals surface area contributed by atoms with E-state index in [-0.39, 0.29) is 29.7 Å². The van der Waals surface area contributed by atoms with Gasteiger partial charge in [-0.1, -0.05) is 24.3 Å². The number of ketones is 1. The molecule has 3 aromatic rings. The number of carbonyl (C=O) groups is 2. The van der Waals surface area contributed by atoms with Gasteiger partial charge in [-0.2, -0.15) is 0 Å². The zero-order chi connectivity index (χ0) is 23.4. The maximum atomic E-state index is 14.1. The highest BCUT2D eigenvalue weighted by Crippen LogP contribution is 2.16. The predicted molar refractivity (Wildman–Crippen MR) is 108 cm³/mol. The molecule has 0 saturated carbocycles. The lowest BCUT2D eigenvalue weighted by atomic mass is 10.0. The van der Waals surface area contributed by atoms with Crippen LogP contribution in [-0.2, 0) is 17.8 Å². The maximum absolute atomic E-state index is 14.1. The van der Waals surface area contributed by atoms with Gasteiger partial charge in [0.05, 0.1) is 12.1 Å². The second-order valence-corrected chi connectivity index (χ2v) is 6.90. The van der Waals surface area contributed by atoms with Gasteiger partial charge in [0, 0.05) is 30.3 Å². The van der Waals surface area contributed by atoms with Crippen molar-refractivity contribution in [1.82, 2.24) is 4.57 Å². The number of carbonyl (C=O) groups excluding carboxylic acids is 1. The Morgan fingerprint density at radius 2 is 1.66 bits per heavy atom. The number of carboxylic acid groups (broad SMARTS) is 1. The molecule has 0 spiro atoms. The number of aliphatic hydroxyl groups is 1. The SMILES string of the molecule is O=C(O)C(O)=CC(=O)c1cc(Cc2ccc(F)cc2F)cn(Cc2ccccc2F)c1=O. The smallest absolute Gasteiger partial charge is 0.371 e. The lowest BCUT2D eigenvalue weighted by molar-refractivity contribution is -0.135. The van der Waals surface area contributed by atoms with Gasteiger partial charge >= 0.3 is 5.97 Å². The van der Waals surface area contributed by atoms with Crippen molar-refractivity contribution in [3.05, 3.63) is 117 Å². The van der Waals surface area contributed by atoms with Gasteiger partial charge in [0.15, 0.2) is 5.78 Å². The van der Waals surface area contributed by atoms with Gasteiger partial charge in [0.25, 0.3) is 5.56 Å². The van der Waals surface area contributed by atoms with Crippen molar-refractivity contribution in [3.63, 3.8) is 0 Å². The van der Waals surface area contributed by atoms with Crippen LogP contribution in [0.25, 0.3) is 0 Å². The Hall–Kier alpha value is -4.14. The van der Waals surface area contributed by atoms with E-state index in [9.17, 15) is 32.7 Å². The largest absolute Gasteiger partial charge is 0.502 e. The average molecular weight is 443 g/mol. The highest BCUT2D eigenvalue weighted by Gasteiger charge is 2.17. The Labute approximate surface area is 179 Å². The van der Waals surface area contributed by atoms with Gasteiger partial charge < -0.3 is 14.8 Å². The molecular formula is C23H16F3NO5. The number of hydrogen-bond acceptors (Lipinski definition) is 4. The Balaban J connectivity index is 2.11. The molecular weight excluding hydrogens is 427 g/mol. The first-order valence-corrected chi connectivity index (χ1v) is 9.24. The third-order valence-electron chi connectivity index (χ3n) is 4.60. The zero-order valence-corrected chi connectivity index (χ0v) is 16.4. The number of nitrogens with zero attached hydrogens (tertiary/aromatic N) is 1. The third-order valence-corrected chi connectivity index (χ3v) is 4.60. The number of rotatable bonds is 7. The lowest BCUT2D eigenvalue weighted by Gasteiger charge is -2.12. The first kappa shape index (κ1) is 22.5. The molecule has 2 aromatic carbocycles. The van der Waals surface area contributed by atoms with Gasteiger partial charge in [-0.05, 0) is 29.3 Å². The summed E-state index contributed by atoms with van der Waals surface area (Å²) >= 11 is 0. The van der Waals surface area contributed by atoms with Crippen LogP contribution >= 0.6 is 0 Å². The van der Waals surface area contributed by atoms with Crippen LogP contribution in [0, 0.1) is 17.5 Å². The van der Waals surface area contributed by atoms with Crippen LogP contribution in [0.5, 0.6) is 0 Å². The minimum Gasteiger partial charge on any atom is -0.502 e. The number of benzene rings is 2. The van der Waals surface area contributed by atoms with Gasteiger partial charge in [-0.25, -0.2) is 18.0 Å². The quantitative estimate of drug-likeness (QED) is 0.330. The van der Waals surface area contributed by atoms with E-state index >= 15 is 0 Å². The van der Waals surface area contributed by atoms with Crippen molar-refractivity contribution in [3.8, 4) is 0 Å². The van der Waals surface area contributed by atoms with Crippen LogP contribution in [0.15, 0.2) is 71.4 Å². The van der Waals surface area contributed by atoms with Crippen LogP contribution < -0.4 is 5.56 Å². The minimum absolute atomic E-state index is 0.0739. The molecule has 0 aliphatic heterocycles. The van der Waals surface area contributed by atoms with Crippen molar-refractivity contribution in [2.75, 3.05) is 0 Å². The van der Waals surface area contributed by atoms with Crippen LogP contribution in [0.4, 0.5) is 13.2 Å². The molecule has 0 unspecified atom stereocenters. The van der Waals surface area contributed by atoms with Crippen LogP contribution in [0.1, 0.15) is 27.0 Å². The fourth-order valence-electron chi connectivity index (χ4n) is 3.05. The third kappa shape index (κ3) is 5.12. The number of hydrogen-bond donors (Lipinski definition) is 2. The summed E-state index contributed by atoms with van der Waals surface area (Å²) in [5.41, 5.74) is -0.907. The minimum atomic E-state index is -1.77. The molecule has 164 valence electrons. The van der Waals surface area contributed by atoms with E-state index in [0.717, 1.165) is 16.7 Å². The highest BCUT2D eigenvalue weighted by atomic mass is 19.1. The van der Waals surface area contributed by atoms with Crippen LogP contribution in [0.3, 0.4) is 0 Å². The van der Waals surface area contributed by atoms with Crippen molar-refractivity contribution in [2.24, 2.45) is 0 Å². The molecule has 0 aliphatic rings. The summed E-state index contributed by atoms with van der Waals surface area (Å²) in [6.45, 7) is -0.264. The summed E-state index contributed by atoms with van der Waals surface area (Å²) in [6, 6.07) is 9.71. The standard InChI is InChI=1S/C23H16F3NO5/c24-16-6-5-14(19(26)9-16)7-13-8-17(20(28)10-21(29)23(31)32)22(30)27(11-13)12-15-3-1-2-4-18(15)25/h1-6,8-11,29H,7,12H2,(H,31,32). The molecule has 2 N–H and O–H groups in total. The van der Waals surface area contributed by atoms with Crippen LogP contribution in [-0.4, -0.2) is 26.5 Å². The molecule has 0 amide bonds. The predicted octanol–water partition coefficient (Wildman–Crippen LogP) is 3.61. The summed E-state index contributed by atoms with van der Waals surface area (Å²) in [4.78, 5) is 36.1. The Kier molecular flexibility index (Phi) is 6.58. The summed E-state index contributed by atoms with van der Waals surface area (Å²) in [6.07, 6.45) is 1.53. The summed E-state index contributed by atoms with van der Waals surface area (Å²) in [5, 5.41) is 18.1. The molecule has 0 bridgehead atoms. The average Bonchev–Trinajstić information content (AvgIpc) is 2.73. The number of pyridine rings is 1. The van der Waals surface area contributed by atoms with E-state index in [4.69, 9.17) is 5.11 Å². The fourth-order valence-corrected chi connectivity index (χ4v) is 3.05. The van der Waals surface area contributed by atoms with Gasteiger partial charge in [-0.3, -0.25) is 9.59 Å². The summed E-state index contributed by atoms with van der Waals surface area (Å²) in [5.74, 6) is -6.35. The number of carboxylic acids is 1. The highest BCUT2D eigenvalue weighted by molar-refractivity contribution is 6.07. The zero-order valence-electron chi connectivity index (χ0n) is 16.4. The molecule has 6 nitrogen and oxygen atoms in total. The number of aliphatic hydroxyl groups excluding tert-OH is 1. The Bertz CT molecular complexity index is 1300. The number of halogens is 3. The Morgan fingerprint density at radius 3 is 2.31 bits per heavy atom. The lowest BCUT2D eigenvalue weighted by Crippen LogP contribution is -2.27. The van der Waals surface area contributed by atoms with E-state index < -0.39 is 46.1 Å². The van der Waals surface area contributed by atoms with Crippen molar-refractivity contribution >= 4 is 11.8 Å². The van der Waals surface area contributed by atoms with E-state index in [1.807, 2.05) is 0 Å². The molecule has 9 heteroatoms. The maximum Gasteiger partial charge on any atom is 0.371 e. The number of aliphatic carboxylic acids is 1. The van der Waals surface area contributed by atoms with E-state index in [2.05, 4.69) is 0 Å². The van der Waals surface area contributed by atoms with Crippen molar-refractivity contribution in [1.29, 1.82) is 0 Å². The topological polar surface area (TPSA) is 96.6 Å². The van der Waals surface area contributed by atoms with Crippen LogP contribution in [0.2, 0.25) is 0 Å². The van der Waals surface area contributed by atoms with E-state index in [0.29, 0.717) is 12.1 Å². The molecule has 3 rings (SSSR count). The molecule has 0 radical (unpaired) electrons. The number of aromatic nitrogens is 1. The van der Waals surface area contributed by atoms with Crippen molar-refractivity contribution < 1.29 is 33.0 Å². The molecule has 0 fully saturated rings. The second-order valence-electron chi connectivity index (χ2n) is 6.90. The van der Waals surface area contributed by atoms with E-state index in [1.54, 1.807) is 6.07 Å². The van der Waals surface area contributed by atoms with Gasteiger partial charge in [-0.15, -0.1) is 0 Å². The molecule has 1 heterocycles. The molecule has 0 aliphatic carbocycles. The molecule has 32 heavy (non-hydrogen) atoms. The first-order valence-electron chi connectivity index (χ1n) is 9.24. The van der Waals surface area contributed by atoms with Gasteiger partial charge in [0.2, 0.25) is 5.76 Å². The summed E-state index contributed by atoms with van der Waals surface area (Å²) in [7, 11) is 0.